The Balaban J connectivity index is 0.000000332. The molecule has 0 atom stereocenters. The number of methoxy groups -OCH3 is 4. The third-order valence-electron chi connectivity index (χ3n) is 9.01. The number of alkyl halides is 18. The van der Waals surface area contributed by atoms with E-state index in [9.17, 15) is 79.0 Å². The van der Waals surface area contributed by atoms with Gasteiger partial charge in [-0.1, -0.05) is 15.9 Å². The molecule has 8 nitrogen and oxygen atoms in total. The van der Waals surface area contributed by atoms with E-state index in [1.54, 1.807) is 0 Å². The molecule has 5 aromatic carbocycles. The standard InChI is InChI=1S/C24H14F12O2.C8H12B2O6.C8H3BrF6/c1-37-19-9-18(12-5-15(23(31,32)33)8-16(6-12)24(34,35)36)20(38-2)10-17(19)11-3-13(21(25,26)27)7-14(4-11)22(28,29)30;1-15-7-3-6(10(13)14)8(16-2)4-5(7)9(11)12;9-6-2-4(7(10,11)12)1-5(3-6)8(13,14)15/h3-10H,1-2H3;3-4,11-14H,1-2H3;1-3H. The van der Waals surface area contributed by atoms with E-state index in [-0.39, 0.29) is 45.1 Å². The predicted octanol–water partition coefficient (Wildman–Crippen LogP) is 10.7. The first-order valence-electron chi connectivity index (χ1n) is 18.2. The Kier molecular flexibility index (Phi) is 18.1. The first-order chi connectivity index (χ1) is 31.4. The molecule has 29 heteroatoms. The Morgan fingerprint density at radius 2 is 0.551 bits per heavy atom. The lowest BCUT2D eigenvalue weighted by Gasteiger charge is -2.19. The zero-order valence-corrected chi connectivity index (χ0v) is 36.3. The maximum Gasteiger partial charge on any atom is 0.492 e. The molecular weight excluding hydrogens is 1050 g/mol. The average molecular weight is 1080 g/mol. The van der Waals surface area contributed by atoms with Crippen molar-refractivity contribution in [3.63, 3.8) is 0 Å². The Labute approximate surface area is 386 Å². The molecule has 376 valence electrons. The van der Waals surface area contributed by atoms with Crippen LogP contribution >= 0.6 is 15.9 Å². The summed E-state index contributed by atoms with van der Waals surface area (Å²) in [6, 6.07) is 6.86. The maximum atomic E-state index is 13.3. The summed E-state index contributed by atoms with van der Waals surface area (Å²) in [4.78, 5) is 0. The van der Waals surface area contributed by atoms with Crippen LogP contribution in [0.5, 0.6) is 23.0 Å². The molecule has 0 saturated carbocycles. The van der Waals surface area contributed by atoms with E-state index in [1.165, 1.54) is 26.4 Å². The van der Waals surface area contributed by atoms with Gasteiger partial charge in [0.1, 0.15) is 23.0 Å². The van der Waals surface area contributed by atoms with Crippen LogP contribution in [0.3, 0.4) is 0 Å². The van der Waals surface area contributed by atoms with E-state index in [4.69, 9.17) is 39.0 Å². The summed E-state index contributed by atoms with van der Waals surface area (Å²) in [5.74, 6) is -0.615. The lowest BCUT2D eigenvalue weighted by Crippen LogP contribution is -2.37. The van der Waals surface area contributed by atoms with Crippen molar-refractivity contribution < 1.29 is 118 Å². The van der Waals surface area contributed by atoms with Gasteiger partial charge in [-0.15, -0.1) is 0 Å². The minimum Gasteiger partial charge on any atom is -0.497 e. The summed E-state index contributed by atoms with van der Waals surface area (Å²) in [5, 5.41) is 36.3. The molecule has 0 aliphatic rings. The molecule has 5 rings (SSSR count). The van der Waals surface area contributed by atoms with Crippen LogP contribution in [0.15, 0.2) is 83.3 Å². The van der Waals surface area contributed by atoms with Gasteiger partial charge in [-0.25, -0.2) is 0 Å². The molecule has 0 fully saturated rings. The molecule has 0 radical (unpaired) electrons. The molecule has 0 spiro atoms. The Hall–Kier alpha value is -5.51. The number of hydrogen-bond acceptors (Lipinski definition) is 8. The minimum absolute atomic E-state index is 0.0742. The van der Waals surface area contributed by atoms with Crippen LogP contribution in [0.1, 0.15) is 33.4 Å². The molecule has 5 aromatic rings. The molecule has 4 N–H and O–H groups in total. The van der Waals surface area contributed by atoms with Crippen LogP contribution in [0.25, 0.3) is 22.3 Å². The summed E-state index contributed by atoms with van der Waals surface area (Å²) < 4.78 is 252. The number of benzene rings is 5. The first kappa shape index (κ1) is 57.8. The van der Waals surface area contributed by atoms with Gasteiger partial charge < -0.3 is 39.0 Å². The van der Waals surface area contributed by atoms with Crippen molar-refractivity contribution in [1.29, 1.82) is 0 Å². The van der Waals surface area contributed by atoms with Crippen LogP contribution in [0, 0.1) is 0 Å². The molecule has 0 bridgehead atoms. The van der Waals surface area contributed by atoms with Crippen molar-refractivity contribution >= 4 is 41.1 Å². The number of ether oxygens (including phenoxy) is 4. The van der Waals surface area contributed by atoms with Crippen LogP contribution in [-0.2, 0) is 37.1 Å². The largest absolute Gasteiger partial charge is 0.497 e. The fraction of sp³-hybridized carbons (Fsp3) is 0.250. The lowest BCUT2D eigenvalue weighted by molar-refractivity contribution is -0.144. The third kappa shape index (κ3) is 15.2. The molecule has 0 heterocycles. The fourth-order valence-electron chi connectivity index (χ4n) is 5.84. The van der Waals surface area contributed by atoms with Crippen LogP contribution in [0.2, 0.25) is 0 Å². The molecule has 0 amide bonds. The van der Waals surface area contributed by atoms with Crippen molar-refractivity contribution in [3.8, 4) is 45.3 Å². The Morgan fingerprint density at radius 3 is 0.739 bits per heavy atom. The highest BCUT2D eigenvalue weighted by Crippen LogP contribution is 2.47. The minimum atomic E-state index is -5.18. The lowest BCUT2D eigenvalue weighted by atomic mass is 9.73. The van der Waals surface area contributed by atoms with Crippen LogP contribution < -0.4 is 29.9 Å². The van der Waals surface area contributed by atoms with Gasteiger partial charge in [-0.3, -0.25) is 0 Å². The zero-order chi connectivity index (χ0) is 53.0. The van der Waals surface area contributed by atoms with Crippen molar-refractivity contribution in [2.75, 3.05) is 28.4 Å². The number of hydrogen-bond donors (Lipinski definition) is 4. The SMILES string of the molecule is COc1cc(-c2cc(C(F)(F)F)cc(C(F)(F)F)c2)c(OC)cc1-c1cc(C(F)(F)F)cc(C(F)(F)F)c1.COc1cc(B(O)O)c(OC)cc1B(O)O.FC(F)(F)c1cc(Br)cc(C(F)(F)F)c1. The van der Waals surface area contributed by atoms with Gasteiger partial charge >= 0.3 is 51.3 Å². The van der Waals surface area contributed by atoms with Crippen molar-refractivity contribution in [1.82, 2.24) is 0 Å². The highest BCUT2D eigenvalue weighted by atomic mass is 79.9. The van der Waals surface area contributed by atoms with Crippen molar-refractivity contribution in [2.24, 2.45) is 0 Å². The van der Waals surface area contributed by atoms with E-state index >= 15 is 0 Å². The van der Waals surface area contributed by atoms with Crippen molar-refractivity contribution in [3.05, 3.63) is 117 Å². The van der Waals surface area contributed by atoms with E-state index in [1.807, 2.05) is 0 Å². The smallest absolute Gasteiger partial charge is 0.492 e. The summed E-state index contributed by atoms with van der Waals surface area (Å²) >= 11 is 2.60. The van der Waals surface area contributed by atoms with Crippen LogP contribution in [-0.4, -0.2) is 62.8 Å². The Morgan fingerprint density at radius 1 is 0.333 bits per heavy atom. The summed E-state index contributed by atoms with van der Waals surface area (Å²) in [6.45, 7) is 0. The van der Waals surface area contributed by atoms with Gasteiger partial charge in [0.05, 0.1) is 61.8 Å². The highest BCUT2D eigenvalue weighted by molar-refractivity contribution is 9.10. The van der Waals surface area contributed by atoms with Gasteiger partial charge in [-0.05, 0) is 90.0 Å². The topological polar surface area (TPSA) is 118 Å². The summed E-state index contributed by atoms with van der Waals surface area (Å²) in [7, 11) is 1.13. The van der Waals surface area contributed by atoms with Gasteiger partial charge in [-0.2, -0.15) is 79.0 Å². The third-order valence-corrected chi connectivity index (χ3v) is 9.47. The number of rotatable bonds is 8. The van der Waals surface area contributed by atoms with Crippen LogP contribution in [0.4, 0.5) is 79.0 Å². The van der Waals surface area contributed by atoms with Crippen molar-refractivity contribution in [2.45, 2.75) is 37.1 Å². The average Bonchev–Trinajstić information content (AvgIpc) is 3.23. The second-order valence-corrected chi connectivity index (χ2v) is 14.6. The normalized spacial score (nSPS) is 12.3. The molecule has 0 aliphatic carbocycles. The van der Waals surface area contributed by atoms with Gasteiger partial charge in [0.25, 0.3) is 0 Å². The van der Waals surface area contributed by atoms with E-state index in [0.717, 1.165) is 26.4 Å². The summed E-state index contributed by atoms with van der Waals surface area (Å²) in [6.07, 6.45) is -30.3. The first-order valence-corrected chi connectivity index (χ1v) is 18.9. The van der Waals surface area contributed by atoms with Gasteiger partial charge in [0, 0.05) is 26.5 Å². The Bertz CT molecular complexity index is 2340. The second kappa shape index (κ2) is 21.6. The molecule has 0 aromatic heterocycles. The molecule has 69 heavy (non-hydrogen) atoms. The molecule has 0 unspecified atom stereocenters. The monoisotopic (exact) mass is 1080 g/mol. The van der Waals surface area contributed by atoms with Gasteiger partial charge in [0.2, 0.25) is 0 Å². The quantitative estimate of drug-likeness (QED) is 0.0897. The zero-order valence-electron chi connectivity index (χ0n) is 34.8. The second-order valence-electron chi connectivity index (χ2n) is 13.6. The van der Waals surface area contributed by atoms with E-state index < -0.39 is 118 Å². The fourth-order valence-corrected chi connectivity index (χ4v) is 6.33. The van der Waals surface area contributed by atoms with E-state index in [2.05, 4.69) is 15.9 Å². The summed E-state index contributed by atoms with van der Waals surface area (Å²) in [5.41, 5.74) is -11.2. The highest BCUT2D eigenvalue weighted by Gasteiger charge is 2.40. The van der Waals surface area contributed by atoms with E-state index in [0.29, 0.717) is 36.4 Å². The molecule has 0 saturated heterocycles. The predicted molar refractivity (Wildman–Crippen MR) is 214 cm³/mol. The molecule has 0 aliphatic heterocycles. The maximum absolute atomic E-state index is 13.3. The molecular formula is C40H29B2BrF18O8. The van der Waals surface area contributed by atoms with Gasteiger partial charge in [0.15, 0.2) is 0 Å². The number of halogens is 19.